The van der Waals surface area contributed by atoms with Crippen LogP contribution in [0.3, 0.4) is 0 Å². The Labute approximate surface area is 174 Å². The van der Waals surface area contributed by atoms with Crippen LogP contribution in [0, 0.1) is 6.92 Å². The zero-order valence-corrected chi connectivity index (χ0v) is 18.2. The Hall–Kier alpha value is -1.77. The summed E-state index contributed by atoms with van der Waals surface area (Å²) in [5.41, 5.74) is 2.12. The van der Waals surface area contributed by atoms with Gasteiger partial charge in [0.15, 0.2) is 4.34 Å². The Morgan fingerprint density at radius 2 is 2.36 bits per heavy atom. The van der Waals surface area contributed by atoms with Crippen molar-refractivity contribution in [3.8, 4) is 11.5 Å². The first kappa shape index (κ1) is 21.0. The smallest absolute Gasteiger partial charge is 0.230 e. The zero-order valence-electron chi connectivity index (χ0n) is 16.6. The molecule has 152 valence electrons. The predicted octanol–water partition coefficient (Wildman–Crippen LogP) is 3.34. The molecule has 3 rings (SSSR count). The van der Waals surface area contributed by atoms with Gasteiger partial charge in [0.05, 0.1) is 12.9 Å². The molecule has 8 heteroatoms. The van der Waals surface area contributed by atoms with Gasteiger partial charge < -0.3 is 14.8 Å². The van der Waals surface area contributed by atoms with Gasteiger partial charge in [0.25, 0.3) is 0 Å². The molecule has 1 aliphatic rings. The number of fused-ring (bicyclic) bond motifs is 1. The fourth-order valence-electron chi connectivity index (χ4n) is 3.04. The molecule has 2 heterocycles. The third-order valence-electron chi connectivity index (χ3n) is 4.55. The Bertz CT molecular complexity index is 797. The second-order valence-electron chi connectivity index (χ2n) is 6.75. The Morgan fingerprint density at radius 3 is 3.07 bits per heavy atom. The number of amides is 1. The maximum Gasteiger partial charge on any atom is 0.230 e. The lowest BCUT2D eigenvalue weighted by Gasteiger charge is -2.23. The maximum atomic E-state index is 12.1. The van der Waals surface area contributed by atoms with Crippen molar-refractivity contribution >= 4 is 29.0 Å². The number of hydrogen-bond acceptors (Lipinski definition) is 7. The quantitative estimate of drug-likeness (QED) is 0.660. The van der Waals surface area contributed by atoms with E-state index < -0.39 is 0 Å². The summed E-state index contributed by atoms with van der Waals surface area (Å²) in [5.74, 6) is 2.19. The first-order chi connectivity index (χ1) is 13.6. The van der Waals surface area contributed by atoms with E-state index >= 15 is 0 Å². The number of thioether (sulfide) groups is 1. The number of thiazole rings is 1. The molecule has 6 nitrogen and oxygen atoms in total. The number of aryl methyl sites for hydroxylation is 1. The summed E-state index contributed by atoms with van der Waals surface area (Å²) >= 11 is 3.06. The minimum Gasteiger partial charge on any atom is -0.497 e. The standard InChI is InChI=1S/C20H27N3O3S2/c1-4-16-11-23(10-15-9-17(25-3)5-6-18(15)26-16)8-7-21-19(24)13-28-20-22-14(2)12-27-20/h5-6,9,12,16H,4,7-8,10-11,13H2,1-3H3,(H,21,24). The number of carbonyl (C=O) groups is 1. The normalized spacial score (nSPS) is 16.8. The highest BCUT2D eigenvalue weighted by Gasteiger charge is 2.22. The minimum absolute atomic E-state index is 0.0398. The lowest BCUT2D eigenvalue weighted by atomic mass is 10.2. The number of ether oxygens (including phenoxy) is 2. The number of nitrogens with one attached hydrogen (secondary N) is 1. The lowest BCUT2D eigenvalue weighted by molar-refractivity contribution is -0.118. The fourth-order valence-corrected chi connectivity index (χ4v) is 4.72. The summed E-state index contributed by atoms with van der Waals surface area (Å²) in [6.07, 6.45) is 1.09. The Morgan fingerprint density at radius 1 is 1.50 bits per heavy atom. The van der Waals surface area contributed by atoms with Crippen LogP contribution < -0.4 is 14.8 Å². The SMILES string of the molecule is CCC1CN(CCNC(=O)CSc2nc(C)cs2)Cc2cc(OC)ccc2O1. The average Bonchev–Trinajstić information content (AvgIpc) is 3.02. The molecule has 0 saturated heterocycles. The van der Waals surface area contributed by atoms with Gasteiger partial charge in [0, 0.05) is 42.8 Å². The molecule has 0 spiro atoms. The van der Waals surface area contributed by atoms with E-state index in [2.05, 4.69) is 22.1 Å². The third-order valence-corrected chi connectivity index (χ3v) is 6.69. The molecule has 1 unspecified atom stereocenters. The highest BCUT2D eigenvalue weighted by Crippen LogP contribution is 2.29. The molecule has 2 aromatic rings. The van der Waals surface area contributed by atoms with Crippen LogP contribution in [0.1, 0.15) is 24.6 Å². The van der Waals surface area contributed by atoms with E-state index in [4.69, 9.17) is 9.47 Å². The summed E-state index contributed by atoms with van der Waals surface area (Å²) in [7, 11) is 1.67. The van der Waals surface area contributed by atoms with Crippen molar-refractivity contribution in [3.05, 3.63) is 34.8 Å². The first-order valence-electron chi connectivity index (χ1n) is 9.45. The van der Waals surface area contributed by atoms with Crippen molar-refractivity contribution < 1.29 is 14.3 Å². The molecule has 0 aliphatic carbocycles. The summed E-state index contributed by atoms with van der Waals surface area (Å²) in [5, 5.41) is 5.02. The van der Waals surface area contributed by atoms with Gasteiger partial charge in [-0.1, -0.05) is 18.7 Å². The molecule has 1 atom stereocenters. The summed E-state index contributed by atoms with van der Waals surface area (Å²) in [6, 6.07) is 5.95. The van der Waals surface area contributed by atoms with Crippen molar-refractivity contribution in [1.29, 1.82) is 0 Å². The first-order valence-corrected chi connectivity index (χ1v) is 11.3. The lowest BCUT2D eigenvalue weighted by Crippen LogP contribution is -2.38. The van der Waals surface area contributed by atoms with Crippen LogP contribution in [0.5, 0.6) is 11.5 Å². The van der Waals surface area contributed by atoms with E-state index in [1.165, 1.54) is 11.8 Å². The molecule has 1 N–H and O–H groups in total. The van der Waals surface area contributed by atoms with Crippen molar-refractivity contribution in [2.24, 2.45) is 0 Å². The number of carbonyl (C=O) groups excluding carboxylic acids is 1. The molecule has 0 radical (unpaired) electrons. The summed E-state index contributed by atoms with van der Waals surface area (Å²) < 4.78 is 12.4. The molecule has 28 heavy (non-hydrogen) atoms. The highest BCUT2D eigenvalue weighted by atomic mass is 32.2. The largest absolute Gasteiger partial charge is 0.497 e. The molecule has 1 aromatic carbocycles. The van der Waals surface area contributed by atoms with Crippen LogP contribution in [-0.2, 0) is 11.3 Å². The van der Waals surface area contributed by atoms with Gasteiger partial charge in [-0.2, -0.15) is 0 Å². The number of benzene rings is 1. The second kappa shape index (κ2) is 10.1. The molecular weight excluding hydrogens is 394 g/mol. The van der Waals surface area contributed by atoms with E-state index in [0.717, 1.165) is 53.2 Å². The van der Waals surface area contributed by atoms with Gasteiger partial charge in [0.1, 0.15) is 17.6 Å². The van der Waals surface area contributed by atoms with Crippen molar-refractivity contribution in [2.75, 3.05) is 32.5 Å². The van der Waals surface area contributed by atoms with Crippen LogP contribution in [-0.4, -0.2) is 54.4 Å². The van der Waals surface area contributed by atoms with Crippen LogP contribution >= 0.6 is 23.1 Å². The summed E-state index contributed by atoms with van der Waals surface area (Å²) in [4.78, 5) is 18.8. The Balaban J connectivity index is 1.50. The maximum absolute atomic E-state index is 12.1. The molecule has 0 bridgehead atoms. The molecule has 1 aliphatic heterocycles. The van der Waals surface area contributed by atoms with Crippen molar-refractivity contribution in [1.82, 2.24) is 15.2 Å². The van der Waals surface area contributed by atoms with Crippen LogP contribution in [0.15, 0.2) is 27.9 Å². The number of methoxy groups -OCH3 is 1. The molecular formula is C20H27N3O3S2. The number of nitrogens with zero attached hydrogens (tertiary/aromatic N) is 2. The van der Waals surface area contributed by atoms with Gasteiger partial charge >= 0.3 is 0 Å². The Kier molecular flexibility index (Phi) is 7.58. The van der Waals surface area contributed by atoms with E-state index in [-0.39, 0.29) is 12.0 Å². The topological polar surface area (TPSA) is 63.7 Å². The number of aromatic nitrogens is 1. The van der Waals surface area contributed by atoms with Gasteiger partial charge in [0.2, 0.25) is 5.91 Å². The van der Waals surface area contributed by atoms with E-state index in [1.54, 1.807) is 18.4 Å². The van der Waals surface area contributed by atoms with E-state index in [0.29, 0.717) is 12.3 Å². The molecule has 0 saturated carbocycles. The van der Waals surface area contributed by atoms with Crippen molar-refractivity contribution in [3.63, 3.8) is 0 Å². The molecule has 1 amide bonds. The number of hydrogen-bond donors (Lipinski definition) is 1. The van der Waals surface area contributed by atoms with Gasteiger partial charge in [-0.25, -0.2) is 4.98 Å². The second-order valence-corrected chi connectivity index (χ2v) is 8.83. The molecule has 1 aromatic heterocycles. The molecule has 0 fully saturated rings. The van der Waals surface area contributed by atoms with Crippen LogP contribution in [0.2, 0.25) is 0 Å². The fraction of sp³-hybridized carbons (Fsp3) is 0.500. The minimum atomic E-state index is 0.0398. The summed E-state index contributed by atoms with van der Waals surface area (Å²) in [6.45, 7) is 7.12. The van der Waals surface area contributed by atoms with Crippen molar-refractivity contribution in [2.45, 2.75) is 37.3 Å². The monoisotopic (exact) mass is 421 g/mol. The third kappa shape index (κ3) is 5.86. The van der Waals surface area contributed by atoms with E-state index in [9.17, 15) is 4.79 Å². The van der Waals surface area contributed by atoms with Gasteiger partial charge in [-0.05, 0) is 31.5 Å². The average molecular weight is 422 g/mol. The van der Waals surface area contributed by atoms with Crippen LogP contribution in [0.4, 0.5) is 0 Å². The highest BCUT2D eigenvalue weighted by molar-refractivity contribution is 8.01. The zero-order chi connectivity index (χ0) is 19.9. The predicted molar refractivity (Wildman–Crippen MR) is 114 cm³/mol. The van der Waals surface area contributed by atoms with Crippen LogP contribution in [0.25, 0.3) is 0 Å². The van der Waals surface area contributed by atoms with E-state index in [1.807, 2.05) is 30.5 Å². The number of rotatable bonds is 8. The van der Waals surface area contributed by atoms with Gasteiger partial charge in [-0.15, -0.1) is 11.3 Å². The van der Waals surface area contributed by atoms with Gasteiger partial charge in [-0.3, -0.25) is 9.69 Å².